The Kier molecular flexibility index (Phi) is 5.86. The molecule has 1 atom stereocenters. The van der Waals surface area contributed by atoms with E-state index in [1.807, 2.05) is 0 Å². The molecule has 2 aliphatic rings. The number of hydrogen-bond acceptors (Lipinski definition) is 3. The van der Waals surface area contributed by atoms with Crippen LogP contribution in [-0.2, 0) is 0 Å². The fraction of sp³-hybridized carbons (Fsp3) is 0.609. The van der Waals surface area contributed by atoms with Gasteiger partial charge >= 0.3 is 0 Å². The van der Waals surface area contributed by atoms with Crippen molar-refractivity contribution < 1.29 is 5.11 Å². The maximum atomic E-state index is 11.0. The van der Waals surface area contributed by atoms with Crippen molar-refractivity contribution in [3.63, 3.8) is 0 Å². The second kappa shape index (κ2) is 8.49. The fourth-order valence-corrected chi connectivity index (χ4v) is 4.83. The number of nitrogens with zero attached hydrogens (tertiary/aromatic N) is 1. The zero-order valence-corrected chi connectivity index (χ0v) is 15.8. The summed E-state index contributed by atoms with van der Waals surface area (Å²) in [7, 11) is 0. The van der Waals surface area contributed by atoms with Crippen LogP contribution in [-0.4, -0.2) is 23.2 Å². The van der Waals surface area contributed by atoms with Gasteiger partial charge < -0.3 is 10.4 Å². The second-order valence-electron chi connectivity index (χ2n) is 8.27. The number of aliphatic hydroxyl groups excluding tert-OH is 1. The summed E-state index contributed by atoms with van der Waals surface area (Å²) in [6, 6.07) is 10.6. The number of piperidine rings is 1. The van der Waals surface area contributed by atoms with Crippen molar-refractivity contribution in [1.82, 2.24) is 10.3 Å². The van der Waals surface area contributed by atoms with Crippen LogP contribution in [0, 0.1) is 5.92 Å². The molecule has 2 N–H and O–H groups in total. The first-order valence-electron chi connectivity index (χ1n) is 10.6. The quantitative estimate of drug-likeness (QED) is 0.787. The Morgan fingerprint density at radius 2 is 1.81 bits per heavy atom. The zero-order valence-electron chi connectivity index (χ0n) is 15.8. The van der Waals surface area contributed by atoms with Gasteiger partial charge in [-0.05, 0) is 75.2 Å². The largest absolute Gasteiger partial charge is 0.388 e. The highest BCUT2D eigenvalue weighted by molar-refractivity contribution is 5.82. The van der Waals surface area contributed by atoms with E-state index in [4.69, 9.17) is 4.98 Å². The van der Waals surface area contributed by atoms with Gasteiger partial charge in [0, 0.05) is 17.0 Å². The van der Waals surface area contributed by atoms with Crippen LogP contribution in [0.25, 0.3) is 10.9 Å². The van der Waals surface area contributed by atoms with Crippen molar-refractivity contribution in [3.8, 4) is 0 Å². The van der Waals surface area contributed by atoms with Gasteiger partial charge in [0.05, 0.1) is 11.6 Å². The second-order valence-corrected chi connectivity index (χ2v) is 8.27. The molecule has 3 heteroatoms. The minimum absolute atomic E-state index is 0.375. The number of pyridine rings is 1. The summed E-state index contributed by atoms with van der Waals surface area (Å²) < 4.78 is 0. The predicted octanol–water partition coefficient (Wildman–Crippen LogP) is 5.10. The van der Waals surface area contributed by atoms with E-state index in [-0.39, 0.29) is 6.10 Å². The van der Waals surface area contributed by atoms with Crippen LogP contribution in [0.5, 0.6) is 0 Å². The van der Waals surface area contributed by atoms with E-state index in [2.05, 4.69) is 35.6 Å². The lowest BCUT2D eigenvalue weighted by Crippen LogP contribution is -2.27. The molecule has 0 bridgehead atoms. The molecule has 1 aliphatic heterocycles. The Morgan fingerprint density at radius 1 is 1.04 bits per heavy atom. The number of benzene rings is 1. The average molecular weight is 353 g/mol. The molecule has 26 heavy (non-hydrogen) atoms. The third kappa shape index (κ3) is 4.10. The van der Waals surface area contributed by atoms with Gasteiger partial charge in [-0.15, -0.1) is 0 Å². The van der Waals surface area contributed by atoms with Crippen molar-refractivity contribution in [2.45, 2.75) is 69.8 Å². The highest BCUT2D eigenvalue weighted by Crippen LogP contribution is 2.36. The van der Waals surface area contributed by atoms with Crippen molar-refractivity contribution >= 4 is 10.9 Å². The molecule has 0 spiro atoms. The van der Waals surface area contributed by atoms with E-state index in [1.165, 1.54) is 50.6 Å². The summed E-state index contributed by atoms with van der Waals surface area (Å²) >= 11 is 0. The first-order valence-corrected chi connectivity index (χ1v) is 10.6. The lowest BCUT2D eigenvalue weighted by atomic mass is 9.85. The van der Waals surface area contributed by atoms with E-state index in [9.17, 15) is 5.11 Å². The van der Waals surface area contributed by atoms with Gasteiger partial charge in [-0.3, -0.25) is 4.98 Å². The summed E-state index contributed by atoms with van der Waals surface area (Å²) in [5.74, 6) is 1.33. The minimum atomic E-state index is -0.375. The highest BCUT2D eigenvalue weighted by atomic mass is 16.3. The van der Waals surface area contributed by atoms with Crippen LogP contribution in [0.1, 0.15) is 81.1 Å². The van der Waals surface area contributed by atoms with E-state index in [1.54, 1.807) is 0 Å². The number of rotatable bonds is 5. The van der Waals surface area contributed by atoms with Crippen molar-refractivity contribution in [2.24, 2.45) is 5.92 Å². The SMILES string of the molecule is OC(CCC1CCNCC1)c1cc(C2CCCCC2)nc2ccccc12. The van der Waals surface area contributed by atoms with Crippen LogP contribution in [0.2, 0.25) is 0 Å². The van der Waals surface area contributed by atoms with Crippen molar-refractivity contribution in [3.05, 3.63) is 41.6 Å². The lowest BCUT2D eigenvalue weighted by Gasteiger charge is -2.25. The zero-order chi connectivity index (χ0) is 17.8. The number of hydrogen-bond donors (Lipinski definition) is 2. The Bertz CT molecular complexity index is 717. The third-order valence-electron chi connectivity index (χ3n) is 6.46. The standard InChI is InChI=1S/C23H32N2O/c26-23(11-10-17-12-14-24-15-13-17)20-16-22(18-6-2-1-3-7-18)25-21-9-5-4-8-19(20)21/h4-5,8-9,16-18,23-24,26H,1-3,6-7,10-15H2. The molecule has 0 radical (unpaired) electrons. The highest BCUT2D eigenvalue weighted by Gasteiger charge is 2.22. The van der Waals surface area contributed by atoms with Crippen molar-refractivity contribution in [1.29, 1.82) is 0 Å². The van der Waals surface area contributed by atoms with Crippen LogP contribution in [0.3, 0.4) is 0 Å². The molecule has 1 saturated carbocycles. The van der Waals surface area contributed by atoms with Crippen LogP contribution >= 0.6 is 0 Å². The number of fused-ring (bicyclic) bond motifs is 1. The van der Waals surface area contributed by atoms with Gasteiger partial charge in [-0.2, -0.15) is 0 Å². The summed E-state index contributed by atoms with van der Waals surface area (Å²) in [5, 5.41) is 15.6. The number of aliphatic hydroxyl groups is 1. The van der Waals surface area contributed by atoms with Gasteiger partial charge in [0.25, 0.3) is 0 Å². The molecular formula is C23H32N2O. The minimum Gasteiger partial charge on any atom is -0.388 e. The number of para-hydroxylation sites is 1. The molecular weight excluding hydrogens is 320 g/mol. The van der Waals surface area contributed by atoms with E-state index >= 15 is 0 Å². The first kappa shape index (κ1) is 17.9. The molecule has 1 aliphatic carbocycles. The monoisotopic (exact) mass is 352 g/mol. The predicted molar refractivity (Wildman–Crippen MR) is 107 cm³/mol. The van der Waals surface area contributed by atoms with Crippen molar-refractivity contribution in [2.75, 3.05) is 13.1 Å². The Balaban J connectivity index is 1.57. The van der Waals surface area contributed by atoms with E-state index in [0.29, 0.717) is 5.92 Å². The molecule has 4 rings (SSSR count). The molecule has 1 aromatic heterocycles. The summed E-state index contributed by atoms with van der Waals surface area (Å²) in [6.45, 7) is 2.26. The van der Waals surface area contributed by atoms with Gasteiger partial charge in [0.1, 0.15) is 0 Å². The lowest BCUT2D eigenvalue weighted by molar-refractivity contribution is 0.153. The molecule has 1 saturated heterocycles. The van der Waals surface area contributed by atoms with Gasteiger partial charge in [-0.25, -0.2) is 0 Å². The summed E-state index contributed by atoms with van der Waals surface area (Å²) in [4.78, 5) is 4.97. The van der Waals surface area contributed by atoms with Crippen LogP contribution in [0.4, 0.5) is 0 Å². The maximum absolute atomic E-state index is 11.0. The Hall–Kier alpha value is -1.45. The number of nitrogens with one attached hydrogen (secondary N) is 1. The van der Waals surface area contributed by atoms with Gasteiger partial charge in [-0.1, -0.05) is 37.5 Å². The van der Waals surface area contributed by atoms with Gasteiger partial charge in [0.2, 0.25) is 0 Å². The Morgan fingerprint density at radius 3 is 2.62 bits per heavy atom. The molecule has 1 unspecified atom stereocenters. The summed E-state index contributed by atoms with van der Waals surface area (Å²) in [5.41, 5.74) is 3.36. The van der Waals surface area contributed by atoms with E-state index < -0.39 is 0 Å². The smallest absolute Gasteiger partial charge is 0.0797 e. The maximum Gasteiger partial charge on any atom is 0.0797 e. The van der Waals surface area contributed by atoms with E-state index in [0.717, 1.165) is 48.3 Å². The first-order chi connectivity index (χ1) is 12.8. The normalized spacial score (nSPS) is 21.1. The number of aromatic nitrogens is 1. The molecule has 2 heterocycles. The van der Waals surface area contributed by atoms with Gasteiger partial charge in [0.15, 0.2) is 0 Å². The topological polar surface area (TPSA) is 45.1 Å². The molecule has 2 aromatic rings. The molecule has 2 fully saturated rings. The van der Waals surface area contributed by atoms with Crippen LogP contribution in [0.15, 0.2) is 30.3 Å². The average Bonchev–Trinajstić information content (AvgIpc) is 2.72. The summed E-state index contributed by atoms with van der Waals surface area (Å²) in [6.07, 6.45) is 10.6. The molecule has 0 amide bonds. The Labute approximate surface area is 157 Å². The van der Waals surface area contributed by atoms with Crippen LogP contribution < -0.4 is 5.32 Å². The molecule has 140 valence electrons. The third-order valence-corrected chi connectivity index (χ3v) is 6.46. The molecule has 3 nitrogen and oxygen atoms in total. The molecule has 1 aromatic carbocycles. The fourth-order valence-electron chi connectivity index (χ4n) is 4.83.